The second-order valence-corrected chi connectivity index (χ2v) is 9.21. The van der Waals surface area contributed by atoms with Crippen molar-refractivity contribution in [1.82, 2.24) is 24.4 Å². The van der Waals surface area contributed by atoms with Gasteiger partial charge in [0.05, 0.1) is 6.61 Å². The Hall–Kier alpha value is -3.05. The van der Waals surface area contributed by atoms with Crippen molar-refractivity contribution in [3.05, 3.63) is 24.0 Å². The van der Waals surface area contributed by atoms with Gasteiger partial charge in [-0.25, -0.2) is 15.0 Å². The molecule has 2 N–H and O–H groups in total. The first-order chi connectivity index (χ1) is 16.2. The Kier molecular flexibility index (Phi) is 6.23. The van der Waals surface area contributed by atoms with Crippen molar-refractivity contribution in [2.24, 2.45) is 5.92 Å². The van der Waals surface area contributed by atoms with E-state index in [4.69, 9.17) is 24.9 Å². The van der Waals surface area contributed by atoms with Crippen LogP contribution in [0, 0.1) is 5.92 Å². The van der Waals surface area contributed by atoms with Crippen LogP contribution in [-0.4, -0.2) is 57.8 Å². The number of carbonyl (C=O) groups excluding carboxylic acids is 1. The molecule has 1 fully saturated rings. The first-order valence-electron chi connectivity index (χ1n) is 10.9. The molecule has 1 amide bonds. The van der Waals surface area contributed by atoms with E-state index in [2.05, 4.69) is 14.5 Å². The van der Waals surface area contributed by atoms with Crippen LogP contribution in [0.2, 0.25) is 0 Å². The third kappa shape index (κ3) is 4.42. The lowest BCUT2D eigenvalue weighted by atomic mass is 9.94. The predicted octanol–water partition coefficient (Wildman–Crippen LogP) is 2.69. The number of aromatic nitrogens is 4. The van der Waals surface area contributed by atoms with Crippen LogP contribution in [0.25, 0.3) is 11.2 Å². The maximum atomic E-state index is 11.0. The van der Waals surface area contributed by atoms with Crippen molar-refractivity contribution in [3.8, 4) is 11.5 Å². The Bertz CT molecular complexity index is 1160. The molecule has 174 valence electrons. The number of likely N-dealkylation sites (tertiary alicyclic amines) is 1. The molecule has 2 aromatic heterocycles. The third-order valence-corrected chi connectivity index (χ3v) is 7.24. The molecule has 4 heterocycles. The topological polar surface area (TPSA) is 118 Å². The molecule has 5 rings (SSSR count). The van der Waals surface area contributed by atoms with Crippen molar-refractivity contribution in [3.63, 3.8) is 0 Å². The highest BCUT2D eigenvalue weighted by Crippen LogP contribution is 2.41. The third-order valence-electron chi connectivity index (χ3n) is 6.14. The first kappa shape index (κ1) is 21.8. The molecule has 3 aromatic rings. The standard InChI is InChI=1S/C22H26N6O4S/c1-30-10-15-8-16-17(32-13-31-16)9-18(15)33-22-26-19-20(23)24-11-25-21(19)28(22)7-4-14-2-5-27(12-29)6-3-14/h8-9,11-12,14H,2-7,10,13H2,1H3,(H2,23,24,25). The number of nitrogens with zero attached hydrogens (tertiary/aromatic N) is 5. The summed E-state index contributed by atoms with van der Waals surface area (Å²) in [4.78, 5) is 27.2. The molecule has 33 heavy (non-hydrogen) atoms. The monoisotopic (exact) mass is 470 g/mol. The minimum absolute atomic E-state index is 0.212. The van der Waals surface area contributed by atoms with Gasteiger partial charge in [-0.15, -0.1) is 0 Å². The SMILES string of the molecule is COCc1cc2c(cc1Sc1nc3c(N)ncnc3n1CCC1CCN(C=O)CC1)OCO2. The molecule has 10 nitrogen and oxygen atoms in total. The van der Waals surface area contributed by atoms with E-state index >= 15 is 0 Å². The molecule has 0 unspecified atom stereocenters. The number of amides is 1. The van der Waals surface area contributed by atoms with Crippen molar-refractivity contribution in [2.45, 2.75) is 42.5 Å². The van der Waals surface area contributed by atoms with Gasteiger partial charge in [0.25, 0.3) is 0 Å². The van der Waals surface area contributed by atoms with Crippen molar-refractivity contribution in [2.75, 3.05) is 32.7 Å². The molecular weight excluding hydrogens is 444 g/mol. The van der Waals surface area contributed by atoms with E-state index in [1.54, 1.807) is 7.11 Å². The number of methoxy groups -OCH3 is 1. The van der Waals surface area contributed by atoms with Crippen molar-refractivity contribution >= 4 is 35.2 Å². The quantitative estimate of drug-likeness (QED) is 0.496. The molecule has 1 saturated heterocycles. The Morgan fingerprint density at radius 3 is 2.79 bits per heavy atom. The molecule has 2 aliphatic heterocycles. The number of hydrogen-bond donors (Lipinski definition) is 1. The van der Waals surface area contributed by atoms with Crippen molar-refractivity contribution < 1.29 is 19.0 Å². The number of carbonyl (C=O) groups is 1. The van der Waals surface area contributed by atoms with Gasteiger partial charge in [-0.3, -0.25) is 4.79 Å². The first-order valence-corrected chi connectivity index (χ1v) is 11.7. The lowest BCUT2D eigenvalue weighted by Crippen LogP contribution is -2.32. The highest BCUT2D eigenvalue weighted by atomic mass is 32.2. The summed E-state index contributed by atoms with van der Waals surface area (Å²) in [7, 11) is 1.67. The summed E-state index contributed by atoms with van der Waals surface area (Å²) in [5.74, 6) is 2.34. The van der Waals surface area contributed by atoms with Gasteiger partial charge in [-0.1, -0.05) is 11.8 Å². The second-order valence-electron chi connectivity index (χ2n) is 8.20. The highest BCUT2D eigenvalue weighted by Gasteiger charge is 2.23. The van der Waals surface area contributed by atoms with Crippen LogP contribution in [0.5, 0.6) is 11.5 Å². The minimum Gasteiger partial charge on any atom is -0.454 e. The summed E-state index contributed by atoms with van der Waals surface area (Å²) in [6.45, 7) is 3.03. The Morgan fingerprint density at radius 1 is 1.24 bits per heavy atom. The lowest BCUT2D eigenvalue weighted by molar-refractivity contribution is -0.119. The van der Waals surface area contributed by atoms with E-state index in [9.17, 15) is 4.79 Å². The molecule has 0 radical (unpaired) electrons. The Balaban J connectivity index is 1.45. The van der Waals surface area contributed by atoms with E-state index in [1.807, 2.05) is 17.0 Å². The number of ether oxygens (including phenoxy) is 3. The van der Waals surface area contributed by atoms with Gasteiger partial charge in [0, 0.05) is 31.6 Å². The van der Waals surface area contributed by atoms with Crippen LogP contribution in [0.3, 0.4) is 0 Å². The number of nitrogens with two attached hydrogens (primary N) is 1. The van der Waals surface area contributed by atoms with Crippen LogP contribution in [0.15, 0.2) is 28.5 Å². The van der Waals surface area contributed by atoms with Gasteiger partial charge in [0.1, 0.15) is 6.33 Å². The zero-order valence-electron chi connectivity index (χ0n) is 18.4. The summed E-state index contributed by atoms with van der Waals surface area (Å²) < 4.78 is 18.6. The maximum Gasteiger partial charge on any atom is 0.231 e. The van der Waals surface area contributed by atoms with Crippen LogP contribution in [0.4, 0.5) is 5.82 Å². The van der Waals surface area contributed by atoms with Gasteiger partial charge in [0.15, 0.2) is 33.6 Å². The summed E-state index contributed by atoms with van der Waals surface area (Å²) in [6, 6.07) is 3.92. The molecule has 0 aliphatic carbocycles. The fourth-order valence-electron chi connectivity index (χ4n) is 4.30. The largest absolute Gasteiger partial charge is 0.454 e. The molecule has 11 heteroatoms. The predicted molar refractivity (Wildman–Crippen MR) is 122 cm³/mol. The Labute approximate surface area is 195 Å². The maximum absolute atomic E-state index is 11.0. The van der Waals surface area contributed by atoms with Gasteiger partial charge in [-0.05, 0) is 42.9 Å². The number of anilines is 1. The number of piperidine rings is 1. The zero-order valence-corrected chi connectivity index (χ0v) is 19.2. The zero-order chi connectivity index (χ0) is 22.8. The van der Waals surface area contributed by atoms with E-state index in [0.29, 0.717) is 29.6 Å². The number of fused-ring (bicyclic) bond motifs is 2. The average Bonchev–Trinajstić information content (AvgIpc) is 3.43. The molecule has 0 spiro atoms. The van der Waals surface area contributed by atoms with Crippen LogP contribution in [0.1, 0.15) is 24.8 Å². The number of rotatable bonds is 8. The normalized spacial score (nSPS) is 16.0. The Morgan fingerprint density at radius 2 is 2.03 bits per heavy atom. The number of hydrogen-bond acceptors (Lipinski definition) is 9. The molecule has 0 saturated carbocycles. The van der Waals surface area contributed by atoms with Gasteiger partial charge in [-0.2, -0.15) is 0 Å². The molecule has 1 aromatic carbocycles. The smallest absolute Gasteiger partial charge is 0.231 e. The highest BCUT2D eigenvalue weighted by molar-refractivity contribution is 7.99. The fraction of sp³-hybridized carbons (Fsp3) is 0.455. The second kappa shape index (κ2) is 9.44. The van der Waals surface area contributed by atoms with E-state index in [0.717, 1.165) is 72.3 Å². The number of imidazole rings is 1. The number of benzene rings is 1. The minimum atomic E-state index is 0.212. The average molecular weight is 471 g/mol. The van der Waals surface area contributed by atoms with E-state index in [1.165, 1.54) is 18.1 Å². The van der Waals surface area contributed by atoms with Crippen LogP contribution >= 0.6 is 11.8 Å². The molecular formula is C22H26N6O4S. The van der Waals surface area contributed by atoms with Gasteiger partial charge in [0.2, 0.25) is 13.2 Å². The summed E-state index contributed by atoms with van der Waals surface area (Å²) >= 11 is 1.53. The number of nitrogen functional groups attached to an aromatic ring is 1. The lowest BCUT2D eigenvalue weighted by Gasteiger charge is -2.29. The molecule has 2 aliphatic rings. The van der Waals surface area contributed by atoms with Crippen molar-refractivity contribution in [1.29, 1.82) is 0 Å². The van der Waals surface area contributed by atoms with Gasteiger partial charge < -0.3 is 29.4 Å². The summed E-state index contributed by atoms with van der Waals surface area (Å²) in [6.07, 6.45) is 5.40. The summed E-state index contributed by atoms with van der Waals surface area (Å²) in [5, 5.41) is 0.791. The van der Waals surface area contributed by atoms with E-state index < -0.39 is 0 Å². The molecule has 0 atom stereocenters. The fourth-order valence-corrected chi connectivity index (χ4v) is 5.34. The summed E-state index contributed by atoms with van der Waals surface area (Å²) in [5.41, 5.74) is 8.44. The van der Waals surface area contributed by atoms with Gasteiger partial charge >= 0.3 is 0 Å². The molecule has 0 bridgehead atoms. The van der Waals surface area contributed by atoms with Crippen LogP contribution in [-0.2, 0) is 22.7 Å². The van der Waals surface area contributed by atoms with E-state index in [-0.39, 0.29) is 6.79 Å². The van der Waals surface area contributed by atoms with Crippen LogP contribution < -0.4 is 15.2 Å². The number of aryl methyl sites for hydroxylation is 1.